The molecule has 128 valence electrons. The lowest BCUT2D eigenvalue weighted by Gasteiger charge is -2.25. The second-order valence-electron chi connectivity index (χ2n) is 7.12. The van der Waals surface area contributed by atoms with Crippen LogP contribution in [0.1, 0.15) is 36.8 Å². The minimum atomic E-state index is 0.0682. The minimum Gasteiger partial charge on any atom is -0.350 e. The van der Waals surface area contributed by atoms with Gasteiger partial charge in [0.2, 0.25) is 5.91 Å². The van der Waals surface area contributed by atoms with Crippen molar-refractivity contribution in [3.63, 3.8) is 0 Å². The molecule has 5 rings (SSSR count). The van der Waals surface area contributed by atoms with Crippen LogP contribution in [0.5, 0.6) is 0 Å². The molecular formula is C19H21N5O. The molecule has 6 heteroatoms. The topological polar surface area (TPSA) is 64.7 Å². The quantitative estimate of drug-likeness (QED) is 0.795. The highest BCUT2D eigenvalue weighted by Gasteiger charge is 2.30. The van der Waals surface area contributed by atoms with Crippen molar-refractivity contribution in [2.45, 2.75) is 50.7 Å². The van der Waals surface area contributed by atoms with Crippen molar-refractivity contribution >= 4 is 16.9 Å². The van der Waals surface area contributed by atoms with E-state index in [1.807, 2.05) is 30.6 Å². The molecule has 0 saturated heterocycles. The monoisotopic (exact) mass is 335 g/mol. The van der Waals surface area contributed by atoms with E-state index in [9.17, 15) is 4.79 Å². The number of aryl methyl sites for hydroxylation is 1. The summed E-state index contributed by atoms with van der Waals surface area (Å²) in [6.45, 7) is 1.15. The summed E-state index contributed by atoms with van der Waals surface area (Å²) < 4.78 is 4.24. The Hall–Kier alpha value is -2.63. The standard InChI is InChI=1S/C19H21N5O/c25-18(21-14-7-8-17-20-9-10-23(17)11-14)12-24-16-4-2-1-3-15(16)22-19(24)13-5-6-13/h1-4,9-10,13-14H,5-8,11-12H2,(H,21,25). The van der Waals surface area contributed by atoms with E-state index in [1.165, 1.54) is 12.8 Å². The first-order chi connectivity index (χ1) is 12.3. The summed E-state index contributed by atoms with van der Waals surface area (Å²) in [7, 11) is 0. The summed E-state index contributed by atoms with van der Waals surface area (Å²) in [6, 6.07) is 8.27. The van der Waals surface area contributed by atoms with Gasteiger partial charge in [0.15, 0.2) is 0 Å². The van der Waals surface area contributed by atoms with Gasteiger partial charge in [-0.25, -0.2) is 9.97 Å². The Kier molecular flexibility index (Phi) is 3.36. The van der Waals surface area contributed by atoms with Crippen LogP contribution in [0, 0.1) is 0 Å². The molecule has 1 atom stereocenters. The third-order valence-electron chi connectivity index (χ3n) is 5.23. The molecule has 2 aromatic heterocycles. The normalized spacial score (nSPS) is 19.8. The molecule has 1 saturated carbocycles. The van der Waals surface area contributed by atoms with Crippen molar-refractivity contribution in [1.82, 2.24) is 24.4 Å². The van der Waals surface area contributed by atoms with Gasteiger partial charge in [-0.05, 0) is 31.4 Å². The predicted molar refractivity (Wildman–Crippen MR) is 94.2 cm³/mol. The molecule has 1 fully saturated rings. The van der Waals surface area contributed by atoms with E-state index in [2.05, 4.69) is 25.5 Å². The van der Waals surface area contributed by atoms with E-state index in [1.54, 1.807) is 0 Å². The number of carbonyl (C=O) groups is 1. The number of nitrogens with one attached hydrogen (secondary N) is 1. The Balaban J connectivity index is 1.34. The van der Waals surface area contributed by atoms with E-state index in [-0.39, 0.29) is 11.9 Å². The highest BCUT2D eigenvalue weighted by molar-refractivity contribution is 5.81. The molecule has 0 bridgehead atoms. The van der Waals surface area contributed by atoms with Crippen LogP contribution in [-0.2, 0) is 24.3 Å². The first-order valence-electron chi connectivity index (χ1n) is 9.02. The van der Waals surface area contributed by atoms with Crippen molar-refractivity contribution in [2.75, 3.05) is 0 Å². The van der Waals surface area contributed by atoms with Gasteiger partial charge in [0.05, 0.1) is 11.0 Å². The van der Waals surface area contributed by atoms with Gasteiger partial charge in [0.25, 0.3) is 0 Å². The number of amides is 1. The van der Waals surface area contributed by atoms with Crippen molar-refractivity contribution in [3.8, 4) is 0 Å². The molecule has 6 nitrogen and oxygen atoms in total. The van der Waals surface area contributed by atoms with Crippen LogP contribution in [-0.4, -0.2) is 31.1 Å². The van der Waals surface area contributed by atoms with Gasteiger partial charge in [0, 0.05) is 37.3 Å². The summed E-state index contributed by atoms with van der Waals surface area (Å²) in [4.78, 5) is 21.8. The molecule has 1 amide bonds. The molecule has 1 aliphatic carbocycles. The maximum atomic E-state index is 12.7. The fourth-order valence-corrected chi connectivity index (χ4v) is 3.81. The Morgan fingerprint density at radius 1 is 1.24 bits per heavy atom. The first kappa shape index (κ1) is 14.7. The first-order valence-corrected chi connectivity index (χ1v) is 9.02. The number of carbonyl (C=O) groups excluding carboxylic acids is 1. The maximum Gasteiger partial charge on any atom is 0.240 e. The van der Waals surface area contributed by atoms with Crippen LogP contribution >= 0.6 is 0 Å². The van der Waals surface area contributed by atoms with Gasteiger partial charge >= 0.3 is 0 Å². The van der Waals surface area contributed by atoms with Crippen LogP contribution in [0.2, 0.25) is 0 Å². The summed E-state index contributed by atoms with van der Waals surface area (Å²) in [6.07, 6.45) is 8.04. The SMILES string of the molecule is O=C(Cn1c(C2CC2)nc2ccccc21)NC1CCc2nccn2C1. The second kappa shape index (κ2) is 5.72. The van der Waals surface area contributed by atoms with E-state index >= 15 is 0 Å². The Labute approximate surface area is 145 Å². The van der Waals surface area contributed by atoms with Gasteiger partial charge in [-0.1, -0.05) is 12.1 Å². The molecule has 3 heterocycles. The highest BCUT2D eigenvalue weighted by Crippen LogP contribution is 2.40. The average Bonchev–Trinajstić information content (AvgIpc) is 3.25. The number of para-hydroxylation sites is 2. The molecular weight excluding hydrogens is 314 g/mol. The number of hydrogen-bond acceptors (Lipinski definition) is 3. The Morgan fingerprint density at radius 2 is 2.12 bits per heavy atom. The number of nitrogens with zero attached hydrogens (tertiary/aromatic N) is 4. The number of rotatable bonds is 4. The van der Waals surface area contributed by atoms with Gasteiger partial charge < -0.3 is 14.5 Å². The number of imidazole rings is 2. The molecule has 1 unspecified atom stereocenters. The number of hydrogen-bond donors (Lipinski definition) is 1. The van der Waals surface area contributed by atoms with Crippen molar-refractivity contribution in [1.29, 1.82) is 0 Å². The molecule has 2 aliphatic rings. The highest BCUT2D eigenvalue weighted by atomic mass is 16.2. The zero-order valence-corrected chi connectivity index (χ0v) is 14.1. The zero-order valence-electron chi connectivity index (χ0n) is 14.1. The third-order valence-corrected chi connectivity index (χ3v) is 5.23. The van der Waals surface area contributed by atoms with E-state index < -0.39 is 0 Å². The molecule has 25 heavy (non-hydrogen) atoms. The van der Waals surface area contributed by atoms with Gasteiger partial charge in [-0.3, -0.25) is 4.79 Å². The summed E-state index contributed by atoms with van der Waals surface area (Å²) in [5.41, 5.74) is 2.04. The largest absolute Gasteiger partial charge is 0.350 e. The summed E-state index contributed by atoms with van der Waals surface area (Å²) in [5.74, 6) is 2.76. The second-order valence-corrected chi connectivity index (χ2v) is 7.12. The molecule has 1 N–H and O–H groups in total. The van der Waals surface area contributed by atoms with Crippen molar-refractivity contribution in [2.24, 2.45) is 0 Å². The van der Waals surface area contributed by atoms with Crippen LogP contribution in [0.3, 0.4) is 0 Å². The van der Waals surface area contributed by atoms with Crippen LogP contribution < -0.4 is 5.32 Å². The van der Waals surface area contributed by atoms with E-state index in [0.717, 1.165) is 42.1 Å². The number of fused-ring (bicyclic) bond motifs is 2. The van der Waals surface area contributed by atoms with Crippen molar-refractivity contribution in [3.05, 3.63) is 48.3 Å². The van der Waals surface area contributed by atoms with Crippen molar-refractivity contribution < 1.29 is 4.79 Å². The maximum absolute atomic E-state index is 12.7. The minimum absolute atomic E-state index is 0.0682. The molecule has 0 radical (unpaired) electrons. The molecule has 1 aromatic carbocycles. The lowest BCUT2D eigenvalue weighted by atomic mass is 10.1. The predicted octanol–water partition coefficient (Wildman–Crippen LogP) is 2.24. The van der Waals surface area contributed by atoms with E-state index in [4.69, 9.17) is 4.98 Å². The van der Waals surface area contributed by atoms with E-state index in [0.29, 0.717) is 12.5 Å². The third kappa shape index (κ3) is 2.71. The van der Waals surface area contributed by atoms with Crippen LogP contribution in [0.15, 0.2) is 36.7 Å². The summed E-state index contributed by atoms with van der Waals surface area (Å²) in [5, 5.41) is 3.20. The summed E-state index contributed by atoms with van der Waals surface area (Å²) >= 11 is 0. The Morgan fingerprint density at radius 3 is 3.00 bits per heavy atom. The smallest absolute Gasteiger partial charge is 0.240 e. The fourth-order valence-electron chi connectivity index (χ4n) is 3.81. The molecule has 1 aliphatic heterocycles. The van der Waals surface area contributed by atoms with Crippen LogP contribution in [0.25, 0.3) is 11.0 Å². The number of aromatic nitrogens is 4. The van der Waals surface area contributed by atoms with Crippen LogP contribution in [0.4, 0.5) is 0 Å². The fraction of sp³-hybridized carbons (Fsp3) is 0.421. The Bertz CT molecular complexity index is 936. The zero-order chi connectivity index (χ0) is 16.8. The number of benzene rings is 1. The average molecular weight is 335 g/mol. The molecule has 0 spiro atoms. The van der Waals surface area contributed by atoms with Gasteiger partial charge in [-0.2, -0.15) is 0 Å². The lowest BCUT2D eigenvalue weighted by Crippen LogP contribution is -2.42. The van der Waals surface area contributed by atoms with Gasteiger partial charge in [0.1, 0.15) is 18.2 Å². The molecule has 3 aromatic rings. The van der Waals surface area contributed by atoms with Gasteiger partial charge in [-0.15, -0.1) is 0 Å². The lowest BCUT2D eigenvalue weighted by molar-refractivity contribution is -0.122.